The van der Waals surface area contributed by atoms with Gasteiger partial charge in [-0.2, -0.15) is 0 Å². The lowest BCUT2D eigenvalue weighted by atomic mass is 10.1. The van der Waals surface area contributed by atoms with E-state index in [0.29, 0.717) is 11.0 Å². The lowest BCUT2D eigenvalue weighted by molar-refractivity contribution is 0.826. The molecular weight excluding hydrogens is 272 g/mol. The van der Waals surface area contributed by atoms with Crippen LogP contribution in [0, 0.1) is 0 Å². The monoisotopic (exact) mass is 284 g/mol. The molecular formula is C15H13ClN4. The van der Waals surface area contributed by atoms with Crippen LogP contribution in [-0.2, 0) is 0 Å². The van der Waals surface area contributed by atoms with Crippen molar-refractivity contribution in [2.75, 3.05) is 5.32 Å². The molecule has 100 valence electrons. The average molecular weight is 285 g/mol. The molecule has 0 saturated carbocycles. The van der Waals surface area contributed by atoms with Crippen LogP contribution in [0.4, 0.5) is 5.82 Å². The number of hydrogen-bond acceptors (Lipinski definition) is 4. The van der Waals surface area contributed by atoms with Gasteiger partial charge in [-0.1, -0.05) is 41.9 Å². The largest absolute Gasteiger partial charge is 0.360 e. The fraction of sp³-hybridized carbons (Fsp3) is 0.133. The van der Waals surface area contributed by atoms with Gasteiger partial charge in [-0.25, -0.2) is 0 Å². The van der Waals surface area contributed by atoms with Crippen molar-refractivity contribution in [1.82, 2.24) is 15.2 Å². The highest BCUT2D eigenvalue weighted by Crippen LogP contribution is 2.27. The zero-order valence-corrected chi connectivity index (χ0v) is 11.7. The maximum absolute atomic E-state index is 6.07. The van der Waals surface area contributed by atoms with Crippen LogP contribution in [0.5, 0.6) is 0 Å². The van der Waals surface area contributed by atoms with Gasteiger partial charge >= 0.3 is 0 Å². The third kappa shape index (κ3) is 2.42. The summed E-state index contributed by atoms with van der Waals surface area (Å²) >= 11 is 6.07. The van der Waals surface area contributed by atoms with Gasteiger partial charge in [0.05, 0.1) is 11.7 Å². The Bertz CT molecular complexity index is 730. The molecule has 0 unspecified atom stereocenters. The molecule has 1 aromatic carbocycles. The first-order valence-electron chi connectivity index (χ1n) is 6.34. The zero-order valence-electron chi connectivity index (χ0n) is 10.9. The second kappa shape index (κ2) is 5.43. The molecule has 20 heavy (non-hydrogen) atoms. The minimum atomic E-state index is 0.0371. The van der Waals surface area contributed by atoms with Crippen LogP contribution in [0.3, 0.4) is 0 Å². The van der Waals surface area contributed by atoms with E-state index >= 15 is 0 Å². The maximum Gasteiger partial charge on any atom is 0.159 e. The van der Waals surface area contributed by atoms with Gasteiger partial charge in [-0.3, -0.25) is 4.98 Å². The van der Waals surface area contributed by atoms with Gasteiger partial charge in [-0.05, 0) is 19.1 Å². The molecule has 2 heterocycles. The molecule has 1 N–H and O–H groups in total. The van der Waals surface area contributed by atoms with Crippen LogP contribution in [0.2, 0.25) is 5.15 Å². The fourth-order valence-electron chi connectivity index (χ4n) is 2.09. The number of pyridine rings is 1. The van der Waals surface area contributed by atoms with Gasteiger partial charge in [0.15, 0.2) is 11.0 Å². The van der Waals surface area contributed by atoms with E-state index in [-0.39, 0.29) is 6.04 Å². The van der Waals surface area contributed by atoms with Gasteiger partial charge in [0, 0.05) is 17.0 Å². The average Bonchev–Trinajstić information content (AvgIpc) is 2.51. The van der Waals surface area contributed by atoms with E-state index in [1.807, 2.05) is 49.4 Å². The van der Waals surface area contributed by atoms with Gasteiger partial charge in [0.2, 0.25) is 0 Å². The lowest BCUT2D eigenvalue weighted by Crippen LogP contribution is -2.10. The van der Waals surface area contributed by atoms with E-state index in [1.165, 1.54) is 0 Å². The second-order valence-corrected chi connectivity index (χ2v) is 4.86. The highest BCUT2D eigenvalue weighted by molar-refractivity contribution is 6.34. The summed E-state index contributed by atoms with van der Waals surface area (Å²) in [5.74, 6) is 0.711. The Morgan fingerprint density at radius 2 is 1.75 bits per heavy atom. The molecule has 0 aliphatic heterocycles. The number of benzene rings is 1. The van der Waals surface area contributed by atoms with E-state index in [2.05, 4.69) is 20.5 Å². The highest BCUT2D eigenvalue weighted by atomic mass is 35.5. The van der Waals surface area contributed by atoms with Crippen molar-refractivity contribution in [3.05, 3.63) is 59.5 Å². The highest BCUT2D eigenvalue weighted by Gasteiger charge is 2.11. The molecule has 1 atom stereocenters. The first kappa shape index (κ1) is 12.8. The van der Waals surface area contributed by atoms with Gasteiger partial charge < -0.3 is 5.32 Å². The van der Waals surface area contributed by atoms with Crippen molar-refractivity contribution < 1.29 is 0 Å². The van der Waals surface area contributed by atoms with E-state index in [4.69, 9.17) is 11.6 Å². The van der Waals surface area contributed by atoms with E-state index < -0.39 is 0 Å². The summed E-state index contributed by atoms with van der Waals surface area (Å²) in [7, 11) is 0. The minimum absolute atomic E-state index is 0.0371. The Hall–Kier alpha value is -2.20. The summed E-state index contributed by atoms with van der Waals surface area (Å²) in [4.78, 5) is 4.34. The molecule has 4 nitrogen and oxygen atoms in total. The van der Waals surface area contributed by atoms with Crippen molar-refractivity contribution >= 4 is 28.2 Å². The summed E-state index contributed by atoms with van der Waals surface area (Å²) in [6.07, 6.45) is 1.78. The predicted molar refractivity (Wildman–Crippen MR) is 80.8 cm³/mol. The molecule has 0 aliphatic carbocycles. The van der Waals surface area contributed by atoms with E-state index in [0.717, 1.165) is 16.5 Å². The quantitative estimate of drug-likeness (QED) is 0.794. The van der Waals surface area contributed by atoms with Crippen LogP contribution >= 0.6 is 11.6 Å². The Labute approximate surface area is 121 Å². The Morgan fingerprint density at radius 1 is 1.00 bits per heavy atom. The van der Waals surface area contributed by atoms with Crippen molar-refractivity contribution in [3.63, 3.8) is 0 Å². The second-order valence-electron chi connectivity index (χ2n) is 4.51. The molecule has 3 aromatic rings. The zero-order chi connectivity index (χ0) is 13.9. The summed E-state index contributed by atoms with van der Waals surface area (Å²) < 4.78 is 0. The number of aromatic nitrogens is 3. The van der Waals surface area contributed by atoms with E-state index in [1.54, 1.807) is 6.20 Å². The van der Waals surface area contributed by atoms with Crippen LogP contribution in [0.1, 0.15) is 18.7 Å². The smallest absolute Gasteiger partial charge is 0.159 e. The molecule has 0 spiro atoms. The summed E-state index contributed by atoms with van der Waals surface area (Å²) in [5.41, 5.74) is 0.952. The van der Waals surface area contributed by atoms with Gasteiger partial charge in [-0.15, -0.1) is 10.2 Å². The number of fused-ring (bicyclic) bond motifs is 1. The van der Waals surface area contributed by atoms with Gasteiger partial charge in [0.25, 0.3) is 0 Å². The number of anilines is 1. The van der Waals surface area contributed by atoms with Crippen molar-refractivity contribution in [3.8, 4) is 0 Å². The van der Waals surface area contributed by atoms with Crippen LogP contribution in [0.25, 0.3) is 10.8 Å². The van der Waals surface area contributed by atoms with Crippen LogP contribution in [-0.4, -0.2) is 15.2 Å². The Balaban J connectivity index is 1.97. The standard InChI is InChI=1S/C15H13ClN4/c1-10(13-8-4-5-9-17-13)18-15-12-7-3-2-6-11(12)14(16)19-20-15/h2-10H,1H3,(H,18,20)/t10-/m0/s1. The van der Waals surface area contributed by atoms with E-state index in [9.17, 15) is 0 Å². The molecule has 5 heteroatoms. The first-order valence-corrected chi connectivity index (χ1v) is 6.72. The number of nitrogens with one attached hydrogen (secondary N) is 1. The number of nitrogens with zero attached hydrogens (tertiary/aromatic N) is 3. The van der Waals surface area contributed by atoms with Crippen LogP contribution < -0.4 is 5.32 Å². The molecule has 0 bridgehead atoms. The number of rotatable bonds is 3. The van der Waals surface area contributed by atoms with Crippen LogP contribution in [0.15, 0.2) is 48.7 Å². The first-order chi connectivity index (χ1) is 9.75. The Morgan fingerprint density at radius 3 is 2.50 bits per heavy atom. The summed E-state index contributed by atoms with van der Waals surface area (Å²) in [6.45, 7) is 2.04. The predicted octanol–water partition coefficient (Wildman–Crippen LogP) is 3.85. The molecule has 0 saturated heterocycles. The third-order valence-electron chi connectivity index (χ3n) is 3.13. The topological polar surface area (TPSA) is 50.7 Å². The Kier molecular flexibility index (Phi) is 3.48. The molecule has 2 aromatic heterocycles. The van der Waals surface area contributed by atoms with Crippen molar-refractivity contribution in [2.45, 2.75) is 13.0 Å². The molecule has 3 rings (SSSR count). The maximum atomic E-state index is 6.07. The normalized spacial score (nSPS) is 12.3. The number of hydrogen-bond donors (Lipinski definition) is 1. The molecule has 0 aliphatic rings. The SMILES string of the molecule is C[C@H](Nc1nnc(Cl)c2ccccc12)c1ccccn1. The minimum Gasteiger partial charge on any atom is -0.360 e. The molecule has 0 amide bonds. The fourth-order valence-corrected chi connectivity index (χ4v) is 2.29. The third-order valence-corrected chi connectivity index (χ3v) is 3.41. The lowest BCUT2D eigenvalue weighted by Gasteiger charge is -2.15. The molecule has 0 radical (unpaired) electrons. The summed E-state index contributed by atoms with van der Waals surface area (Å²) in [6, 6.07) is 13.7. The summed E-state index contributed by atoms with van der Waals surface area (Å²) in [5, 5.41) is 13.7. The van der Waals surface area contributed by atoms with Gasteiger partial charge in [0.1, 0.15) is 0 Å². The van der Waals surface area contributed by atoms with Crippen molar-refractivity contribution in [2.24, 2.45) is 0 Å². The van der Waals surface area contributed by atoms with Crippen molar-refractivity contribution in [1.29, 1.82) is 0 Å². The molecule has 0 fully saturated rings. The number of halogens is 1.